The predicted octanol–water partition coefficient (Wildman–Crippen LogP) is -7.57. The van der Waals surface area contributed by atoms with Gasteiger partial charge in [-0.1, -0.05) is 0 Å². The zero-order valence-electron chi connectivity index (χ0n) is 17.8. The lowest BCUT2D eigenvalue weighted by molar-refractivity contribution is -0.400. The van der Waals surface area contributed by atoms with Crippen LogP contribution in [0.4, 0.5) is 0 Å². The molecule has 0 bridgehead atoms. The lowest BCUT2D eigenvalue weighted by Crippen LogP contribution is -2.64. The van der Waals surface area contributed by atoms with E-state index >= 15 is 0 Å². The summed E-state index contributed by atoms with van der Waals surface area (Å²) in [6.07, 6.45) is -22.3. The molecule has 0 aromatic rings. The van der Waals surface area contributed by atoms with Crippen molar-refractivity contribution < 1.29 is 79.9 Å². The fraction of sp³-hybridized carbons (Fsp3) is 1.00. The number of hydrogen-bond donors (Lipinski definition) is 11. The summed E-state index contributed by atoms with van der Waals surface area (Å²) in [5, 5.41) is 109. The Balaban J connectivity index is 1.87. The summed E-state index contributed by atoms with van der Waals surface area (Å²) in [7, 11) is 0. The second-order valence-electron chi connectivity index (χ2n) is 8.37. The van der Waals surface area contributed by atoms with Gasteiger partial charge < -0.3 is 79.9 Å². The van der Waals surface area contributed by atoms with Crippen molar-refractivity contribution in [1.82, 2.24) is 0 Å². The van der Waals surface area contributed by atoms with Gasteiger partial charge in [0.1, 0.15) is 73.8 Å². The van der Waals surface area contributed by atoms with Crippen LogP contribution in [-0.4, -0.2) is 168 Å². The van der Waals surface area contributed by atoms with Crippen molar-refractivity contribution in [3.05, 3.63) is 0 Å². The van der Waals surface area contributed by atoms with Gasteiger partial charge in [-0.3, -0.25) is 0 Å². The van der Waals surface area contributed by atoms with Crippen molar-refractivity contribution in [3.63, 3.8) is 0 Å². The molecule has 0 spiro atoms. The van der Waals surface area contributed by atoms with E-state index in [1.54, 1.807) is 0 Å². The summed E-state index contributed by atoms with van der Waals surface area (Å²) < 4.78 is 27.0. The van der Waals surface area contributed by atoms with Gasteiger partial charge in [0.05, 0.1) is 19.8 Å². The van der Waals surface area contributed by atoms with Gasteiger partial charge in [0, 0.05) is 0 Å². The third-order valence-electron chi connectivity index (χ3n) is 6.17. The Kier molecular flexibility index (Phi) is 9.18. The van der Waals surface area contributed by atoms with Crippen molar-refractivity contribution >= 4 is 0 Å². The zero-order valence-corrected chi connectivity index (χ0v) is 17.8. The SMILES string of the molecule is OC[C@H]1O[C@@](CO)(O[C@H]2O[C@H](CO)[C@@H](O)[C@H](O)[C@H]2O)[C@@H](O[C@H]2O[C@H](CO)[C@@H](O)[C@H](O)[C@@H]2O)[C@@H]1O. The lowest BCUT2D eigenvalue weighted by atomic mass is 9.98. The van der Waals surface area contributed by atoms with Gasteiger partial charge in [-0.2, -0.15) is 0 Å². The lowest BCUT2D eigenvalue weighted by Gasteiger charge is -2.45. The van der Waals surface area contributed by atoms with E-state index in [9.17, 15) is 56.2 Å². The van der Waals surface area contributed by atoms with E-state index < -0.39 is 112 Å². The highest BCUT2D eigenvalue weighted by Crippen LogP contribution is 2.39. The molecule has 0 aliphatic carbocycles. The highest BCUT2D eigenvalue weighted by molar-refractivity contribution is 5.01. The standard InChI is InChI=1S/C18H32O16/c19-1-5-8(23)11(26)13(28)16(30-5)32-15-10(25)7(3-21)33-18(15,4-22)34-17-14(29)12(27)9(24)6(2-20)31-17/h5-17,19-29H,1-4H2/t5-,6-,7-,8-,9-,10-,11+,12+,13+,14-,15+,16-,17-,18+/m1/s1. The van der Waals surface area contributed by atoms with Gasteiger partial charge in [0.15, 0.2) is 12.6 Å². The molecule has 34 heavy (non-hydrogen) atoms. The average Bonchev–Trinajstić information content (AvgIpc) is 3.10. The molecule has 200 valence electrons. The van der Waals surface area contributed by atoms with E-state index in [1.165, 1.54) is 0 Å². The second kappa shape index (κ2) is 11.2. The van der Waals surface area contributed by atoms with Crippen molar-refractivity contribution in [1.29, 1.82) is 0 Å². The Hall–Kier alpha value is -0.640. The smallest absolute Gasteiger partial charge is 0.224 e. The largest absolute Gasteiger partial charge is 0.394 e. The van der Waals surface area contributed by atoms with Gasteiger partial charge in [-0.15, -0.1) is 0 Å². The number of hydrogen-bond acceptors (Lipinski definition) is 16. The molecular formula is C18H32O16. The number of ether oxygens (including phenoxy) is 5. The highest BCUT2D eigenvalue weighted by atomic mass is 16.8. The molecule has 3 aliphatic heterocycles. The summed E-state index contributed by atoms with van der Waals surface area (Å²) in [6.45, 7) is -3.49. The van der Waals surface area contributed by atoms with Gasteiger partial charge >= 0.3 is 0 Å². The fourth-order valence-corrected chi connectivity index (χ4v) is 4.12. The Morgan fingerprint density at radius 1 is 0.559 bits per heavy atom. The first kappa shape index (κ1) is 27.9. The van der Waals surface area contributed by atoms with Gasteiger partial charge in [0.25, 0.3) is 0 Å². The molecule has 3 heterocycles. The zero-order chi connectivity index (χ0) is 25.4. The molecule has 0 amide bonds. The minimum absolute atomic E-state index is 0.777. The third-order valence-corrected chi connectivity index (χ3v) is 6.17. The Morgan fingerprint density at radius 2 is 1.03 bits per heavy atom. The van der Waals surface area contributed by atoms with Crippen LogP contribution in [0.3, 0.4) is 0 Å². The molecule has 0 aromatic heterocycles. The van der Waals surface area contributed by atoms with E-state index in [0.29, 0.717) is 0 Å². The third kappa shape index (κ3) is 4.96. The van der Waals surface area contributed by atoms with E-state index in [4.69, 9.17) is 23.7 Å². The maximum absolute atomic E-state index is 10.6. The van der Waals surface area contributed by atoms with Crippen LogP contribution in [-0.2, 0) is 23.7 Å². The van der Waals surface area contributed by atoms with Crippen LogP contribution in [0.25, 0.3) is 0 Å². The molecule has 16 heteroatoms. The minimum atomic E-state index is -2.43. The first-order valence-corrected chi connectivity index (χ1v) is 10.6. The molecule has 0 saturated carbocycles. The highest BCUT2D eigenvalue weighted by Gasteiger charge is 2.61. The number of aliphatic hydroxyl groups excluding tert-OH is 11. The fourth-order valence-electron chi connectivity index (χ4n) is 4.12. The molecule has 11 N–H and O–H groups in total. The number of aliphatic hydroxyl groups is 11. The van der Waals surface area contributed by atoms with Crippen LogP contribution in [0, 0.1) is 0 Å². The van der Waals surface area contributed by atoms with Crippen LogP contribution in [0.1, 0.15) is 0 Å². The van der Waals surface area contributed by atoms with Gasteiger partial charge in [-0.25, -0.2) is 0 Å². The number of rotatable bonds is 8. The van der Waals surface area contributed by atoms with Crippen LogP contribution < -0.4 is 0 Å². The van der Waals surface area contributed by atoms with E-state index in [2.05, 4.69) is 0 Å². The van der Waals surface area contributed by atoms with Crippen molar-refractivity contribution in [2.24, 2.45) is 0 Å². The maximum atomic E-state index is 10.6. The molecule has 0 unspecified atom stereocenters. The average molecular weight is 504 g/mol. The summed E-state index contributed by atoms with van der Waals surface area (Å²) in [6, 6.07) is 0. The summed E-state index contributed by atoms with van der Waals surface area (Å²) >= 11 is 0. The first-order valence-electron chi connectivity index (χ1n) is 10.6. The first-order chi connectivity index (χ1) is 16.0. The van der Waals surface area contributed by atoms with Crippen molar-refractivity contribution in [3.8, 4) is 0 Å². The van der Waals surface area contributed by atoms with Gasteiger partial charge in [-0.05, 0) is 0 Å². The van der Waals surface area contributed by atoms with E-state index in [-0.39, 0.29) is 0 Å². The quantitative estimate of drug-likeness (QED) is 0.146. The monoisotopic (exact) mass is 504 g/mol. The molecule has 16 nitrogen and oxygen atoms in total. The predicted molar refractivity (Wildman–Crippen MR) is 101 cm³/mol. The Morgan fingerprint density at radius 3 is 1.50 bits per heavy atom. The summed E-state index contributed by atoms with van der Waals surface area (Å²) in [5.74, 6) is -2.43. The van der Waals surface area contributed by atoms with Crippen molar-refractivity contribution in [2.45, 2.75) is 85.5 Å². The molecule has 3 rings (SSSR count). The molecular weight excluding hydrogens is 472 g/mol. The Labute approximate surface area is 192 Å². The van der Waals surface area contributed by atoms with E-state index in [0.717, 1.165) is 0 Å². The minimum Gasteiger partial charge on any atom is -0.394 e. The van der Waals surface area contributed by atoms with E-state index in [1.807, 2.05) is 0 Å². The van der Waals surface area contributed by atoms with Crippen LogP contribution in [0.5, 0.6) is 0 Å². The van der Waals surface area contributed by atoms with Crippen molar-refractivity contribution in [2.75, 3.05) is 26.4 Å². The summed E-state index contributed by atoms with van der Waals surface area (Å²) in [4.78, 5) is 0. The molecule has 3 saturated heterocycles. The maximum Gasteiger partial charge on any atom is 0.224 e. The molecule has 3 aliphatic rings. The molecule has 0 radical (unpaired) electrons. The normalized spacial score (nSPS) is 52.1. The van der Waals surface area contributed by atoms with Crippen LogP contribution in [0.2, 0.25) is 0 Å². The Bertz CT molecular complexity index is 651. The molecule has 3 fully saturated rings. The van der Waals surface area contributed by atoms with Gasteiger partial charge in [0.2, 0.25) is 5.79 Å². The second-order valence-corrected chi connectivity index (χ2v) is 8.37. The topological polar surface area (TPSA) is 269 Å². The summed E-state index contributed by atoms with van der Waals surface area (Å²) in [5.41, 5.74) is 0. The van der Waals surface area contributed by atoms with Crippen LogP contribution >= 0.6 is 0 Å². The molecule has 0 aromatic carbocycles. The van der Waals surface area contributed by atoms with Crippen LogP contribution in [0.15, 0.2) is 0 Å². The molecule has 14 atom stereocenters.